The molecule has 3 rings (SSSR count). The van der Waals surface area contributed by atoms with Gasteiger partial charge >= 0.3 is 0 Å². The van der Waals surface area contributed by atoms with Crippen LogP contribution in [-0.2, 0) is 14.6 Å². The van der Waals surface area contributed by atoms with E-state index in [0.29, 0.717) is 17.7 Å². The number of sulfone groups is 1. The predicted octanol–water partition coefficient (Wildman–Crippen LogP) is 1.85. The van der Waals surface area contributed by atoms with Gasteiger partial charge in [0.15, 0.2) is 9.84 Å². The highest BCUT2D eigenvalue weighted by atomic mass is 32.2. The van der Waals surface area contributed by atoms with Gasteiger partial charge in [0.25, 0.3) is 0 Å². The second kappa shape index (κ2) is 9.00. The fourth-order valence-corrected chi connectivity index (χ4v) is 6.34. The SMILES string of the molecule is CC(=O)N1CCNCC1.Cc1cc(S(=O)(=O)C2CCSC2)ccc1F. The van der Waals surface area contributed by atoms with Gasteiger partial charge in [0.05, 0.1) is 10.1 Å². The Bertz CT molecular complexity index is 698. The van der Waals surface area contributed by atoms with E-state index in [2.05, 4.69) is 5.32 Å². The van der Waals surface area contributed by atoms with E-state index in [1.807, 2.05) is 4.90 Å². The number of benzene rings is 1. The summed E-state index contributed by atoms with van der Waals surface area (Å²) in [5.74, 6) is 1.37. The molecular formula is C17H25FN2O3S2. The summed E-state index contributed by atoms with van der Waals surface area (Å²) in [5, 5.41) is 2.87. The van der Waals surface area contributed by atoms with Crippen LogP contribution in [0.15, 0.2) is 23.1 Å². The second-order valence-corrected chi connectivity index (χ2v) is 9.58. The minimum Gasteiger partial charge on any atom is -0.340 e. The number of halogens is 1. The van der Waals surface area contributed by atoms with Crippen molar-refractivity contribution < 1.29 is 17.6 Å². The molecule has 1 amide bonds. The molecule has 2 aliphatic rings. The Balaban J connectivity index is 0.000000212. The Kier molecular flexibility index (Phi) is 7.27. The monoisotopic (exact) mass is 388 g/mol. The van der Waals surface area contributed by atoms with E-state index in [1.54, 1.807) is 25.6 Å². The van der Waals surface area contributed by atoms with Crippen LogP contribution in [0, 0.1) is 12.7 Å². The molecule has 0 saturated carbocycles. The van der Waals surface area contributed by atoms with Crippen LogP contribution in [0.2, 0.25) is 0 Å². The lowest BCUT2D eigenvalue weighted by atomic mass is 10.2. The van der Waals surface area contributed by atoms with Crippen molar-refractivity contribution >= 4 is 27.5 Å². The lowest BCUT2D eigenvalue weighted by molar-refractivity contribution is -0.129. The van der Waals surface area contributed by atoms with Crippen molar-refractivity contribution in [3.63, 3.8) is 0 Å². The zero-order valence-corrected chi connectivity index (χ0v) is 16.3. The molecule has 25 heavy (non-hydrogen) atoms. The maximum atomic E-state index is 13.1. The number of aryl methyl sites for hydroxylation is 1. The Morgan fingerprint density at radius 2 is 2.00 bits per heavy atom. The molecule has 0 aliphatic carbocycles. The van der Waals surface area contributed by atoms with Crippen molar-refractivity contribution in [2.75, 3.05) is 37.7 Å². The summed E-state index contributed by atoms with van der Waals surface area (Å²) in [6.45, 7) is 6.83. The van der Waals surface area contributed by atoms with Crippen LogP contribution in [0.3, 0.4) is 0 Å². The van der Waals surface area contributed by atoms with Crippen molar-refractivity contribution in [1.29, 1.82) is 0 Å². The van der Waals surface area contributed by atoms with Crippen LogP contribution in [0.1, 0.15) is 18.9 Å². The molecule has 1 N–H and O–H groups in total. The molecule has 1 aromatic rings. The first-order valence-corrected chi connectivity index (χ1v) is 11.1. The largest absolute Gasteiger partial charge is 0.340 e. The van der Waals surface area contributed by atoms with Gasteiger partial charge in [0.1, 0.15) is 5.82 Å². The van der Waals surface area contributed by atoms with Crippen molar-refractivity contribution in [1.82, 2.24) is 10.2 Å². The molecule has 8 heteroatoms. The summed E-state index contributed by atoms with van der Waals surface area (Å²) in [6, 6.07) is 4.01. The third-order valence-electron chi connectivity index (χ3n) is 4.35. The number of thioether (sulfide) groups is 1. The predicted molar refractivity (Wildman–Crippen MR) is 99.2 cm³/mol. The van der Waals surface area contributed by atoms with Gasteiger partial charge in [-0.05, 0) is 42.9 Å². The Morgan fingerprint density at radius 3 is 2.48 bits per heavy atom. The van der Waals surface area contributed by atoms with E-state index in [-0.39, 0.29) is 21.9 Å². The summed E-state index contributed by atoms with van der Waals surface area (Å²) >= 11 is 1.66. The maximum Gasteiger partial charge on any atom is 0.219 e. The molecular weight excluding hydrogens is 363 g/mol. The lowest BCUT2D eigenvalue weighted by Gasteiger charge is -2.25. The number of hydrogen-bond donors (Lipinski definition) is 1. The lowest BCUT2D eigenvalue weighted by Crippen LogP contribution is -2.45. The first-order chi connectivity index (χ1) is 11.8. The molecule has 2 saturated heterocycles. The first-order valence-electron chi connectivity index (χ1n) is 8.36. The van der Waals surface area contributed by atoms with Crippen molar-refractivity contribution in [3.05, 3.63) is 29.6 Å². The van der Waals surface area contributed by atoms with Crippen LogP contribution >= 0.6 is 11.8 Å². The number of hydrogen-bond acceptors (Lipinski definition) is 5. The van der Waals surface area contributed by atoms with E-state index in [1.165, 1.54) is 18.2 Å². The Morgan fingerprint density at radius 1 is 1.32 bits per heavy atom. The van der Waals surface area contributed by atoms with Crippen LogP contribution in [0.5, 0.6) is 0 Å². The molecule has 0 aromatic heterocycles. The van der Waals surface area contributed by atoms with Crippen molar-refractivity contribution in [2.24, 2.45) is 0 Å². The molecule has 0 spiro atoms. The molecule has 0 radical (unpaired) electrons. The zero-order chi connectivity index (χ0) is 18.4. The van der Waals surface area contributed by atoms with Gasteiger partial charge < -0.3 is 10.2 Å². The van der Waals surface area contributed by atoms with Crippen LogP contribution in [-0.4, -0.2) is 62.2 Å². The standard InChI is InChI=1S/C11H13FO2S2.C6H12N2O/c1-8-6-9(2-3-11(8)12)16(13,14)10-4-5-15-7-10;1-6(9)8-4-2-7-3-5-8/h2-3,6,10H,4-5,7H2,1H3;7H,2-5H2,1H3. The molecule has 1 unspecified atom stereocenters. The molecule has 0 bridgehead atoms. The third kappa shape index (κ3) is 5.43. The summed E-state index contributed by atoms with van der Waals surface area (Å²) in [4.78, 5) is 12.8. The number of rotatable bonds is 2. The minimum atomic E-state index is -3.27. The Labute approximate surface area is 153 Å². The third-order valence-corrected chi connectivity index (χ3v) is 7.91. The molecule has 2 fully saturated rings. The van der Waals surface area contributed by atoms with E-state index >= 15 is 0 Å². The highest BCUT2D eigenvalue weighted by Crippen LogP contribution is 2.28. The summed E-state index contributed by atoms with van der Waals surface area (Å²) in [6.07, 6.45) is 0.698. The fraction of sp³-hybridized carbons (Fsp3) is 0.588. The first kappa shape index (κ1) is 20.2. The van der Waals surface area contributed by atoms with E-state index in [9.17, 15) is 17.6 Å². The van der Waals surface area contributed by atoms with E-state index in [0.717, 1.165) is 31.9 Å². The number of nitrogens with zero attached hydrogens (tertiary/aromatic N) is 1. The van der Waals surface area contributed by atoms with Gasteiger partial charge in [0.2, 0.25) is 5.91 Å². The zero-order valence-electron chi connectivity index (χ0n) is 14.6. The Hall–Kier alpha value is -1.12. The van der Waals surface area contributed by atoms with E-state index in [4.69, 9.17) is 0 Å². The van der Waals surface area contributed by atoms with Gasteiger partial charge in [-0.3, -0.25) is 4.79 Å². The fourth-order valence-electron chi connectivity index (χ4n) is 2.72. The number of piperazine rings is 1. The molecule has 140 valence electrons. The quantitative estimate of drug-likeness (QED) is 0.784. The highest BCUT2D eigenvalue weighted by molar-refractivity contribution is 8.01. The van der Waals surface area contributed by atoms with Crippen LogP contribution in [0.4, 0.5) is 4.39 Å². The number of carbonyl (C=O) groups is 1. The average Bonchev–Trinajstić information content (AvgIpc) is 3.14. The number of nitrogens with one attached hydrogen (secondary N) is 1. The molecule has 5 nitrogen and oxygen atoms in total. The molecule has 2 heterocycles. The van der Waals surface area contributed by atoms with Gasteiger partial charge in [0, 0.05) is 38.9 Å². The molecule has 1 aromatic carbocycles. The van der Waals surface area contributed by atoms with Gasteiger partial charge in [-0.15, -0.1) is 0 Å². The van der Waals surface area contributed by atoms with Gasteiger partial charge in [-0.2, -0.15) is 11.8 Å². The summed E-state index contributed by atoms with van der Waals surface area (Å²) < 4.78 is 37.4. The maximum absolute atomic E-state index is 13.1. The molecule has 2 aliphatic heterocycles. The van der Waals surface area contributed by atoms with Gasteiger partial charge in [-0.1, -0.05) is 0 Å². The van der Waals surface area contributed by atoms with Crippen molar-refractivity contribution in [3.8, 4) is 0 Å². The van der Waals surface area contributed by atoms with Crippen LogP contribution in [0.25, 0.3) is 0 Å². The number of carbonyl (C=O) groups excluding carboxylic acids is 1. The second-order valence-electron chi connectivity index (χ2n) is 6.20. The normalized spacial score (nSPS) is 20.8. The smallest absolute Gasteiger partial charge is 0.219 e. The summed E-state index contributed by atoms with van der Waals surface area (Å²) in [5.41, 5.74) is 0.381. The summed E-state index contributed by atoms with van der Waals surface area (Å²) in [7, 11) is -3.27. The average molecular weight is 389 g/mol. The molecule has 1 atom stereocenters. The van der Waals surface area contributed by atoms with Gasteiger partial charge in [-0.25, -0.2) is 12.8 Å². The minimum absolute atomic E-state index is 0.191. The van der Waals surface area contributed by atoms with Crippen molar-refractivity contribution in [2.45, 2.75) is 30.4 Å². The highest BCUT2D eigenvalue weighted by Gasteiger charge is 2.30. The number of amides is 1. The van der Waals surface area contributed by atoms with E-state index < -0.39 is 9.84 Å². The van der Waals surface area contributed by atoms with Crippen LogP contribution < -0.4 is 5.32 Å². The topological polar surface area (TPSA) is 66.5 Å².